The van der Waals surface area contributed by atoms with Crippen LogP contribution >= 0.6 is 11.6 Å². The lowest BCUT2D eigenvalue weighted by atomic mass is 10.1. The van der Waals surface area contributed by atoms with E-state index in [0.29, 0.717) is 23.8 Å². The summed E-state index contributed by atoms with van der Waals surface area (Å²) >= 11 is 6.56. The highest BCUT2D eigenvalue weighted by molar-refractivity contribution is 6.35. The molecule has 4 rings (SSSR count). The summed E-state index contributed by atoms with van der Waals surface area (Å²) in [6.07, 6.45) is 14.0. The fourth-order valence-electron chi connectivity index (χ4n) is 2.94. The SMILES string of the molecule is [O-]/C=C/C=C/C=Nc1nc(-[n+]2ccc(-c3ccncc3)cc2)nc(Nc2ccccc2)c1Cl. The molecule has 1 aromatic carbocycles. The summed E-state index contributed by atoms with van der Waals surface area (Å²) in [7, 11) is 0. The third-order valence-electron chi connectivity index (χ3n) is 4.52. The monoisotopic (exact) mass is 454 g/mol. The standard InChI is InChI=1S/C25H19ClN6O/c26-22-23(28-13-5-2-6-18-33)30-25(31-24(22)29-21-7-3-1-4-8-21)32-16-11-20(12-17-32)19-9-14-27-15-10-19/h1-18H,(H-,28,29,30,31,33). The smallest absolute Gasteiger partial charge is 0.441 e. The maximum Gasteiger partial charge on any atom is 0.441 e. The average molecular weight is 455 g/mol. The normalized spacial score (nSPS) is 11.5. The van der Waals surface area contributed by atoms with Crippen molar-refractivity contribution in [2.75, 3.05) is 5.32 Å². The Morgan fingerprint density at radius 1 is 0.879 bits per heavy atom. The zero-order chi connectivity index (χ0) is 22.9. The van der Waals surface area contributed by atoms with Crippen molar-refractivity contribution in [3.63, 3.8) is 0 Å². The summed E-state index contributed by atoms with van der Waals surface area (Å²) in [6.45, 7) is 0. The number of hydrogen-bond acceptors (Lipinski definition) is 6. The maximum atomic E-state index is 10.4. The van der Waals surface area contributed by atoms with Gasteiger partial charge in [0.1, 0.15) is 0 Å². The molecule has 0 fully saturated rings. The third kappa shape index (κ3) is 5.66. The van der Waals surface area contributed by atoms with E-state index in [0.717, 1.165) is 16.8 Å². The largest absolute Gasteiger partial charge is 0.878 e. The van der Waals surface area contributed by atoms with E-state index < -0.39 is 0 Å². The molecule has 0 aliphatic rings. The second kappa shape index (κ2) is 10.8. The van der Waals surface area contributed by atoms with Crippen LogP contribution in [0.25, 0.3) is 17.1 Å². The van der Waals surface area contributed by atoms with Gasteiger partial charge in [0.25, 0.3) is 5.82 Å². The van der Waals surface area contributed by atoms with Crippen LogP contribution < -0.4 is 15.0 Å². The Balaban J connectivity index is 1.71. The molecule has 0 atom stereocenters. The van der Waals surface area contributed by atoms with Crippen molar-refractivity contribution < 1.29 is 9.67 Å². The Hall–Kier alpha value is -4.36. The van der Waals surface area contributed by atoms with E-state index in [1.165, 1.54) is 12.3 Å². The van der Waals surface area contributed by atoms with Crippen LogP contribution in [0.2, 0.25) is 5.02 Å². The van der Waals surface area contributed by atoms with Gasteiger partial charge in [-0.3, -0.25) is 4.98 Å². The number of nitrogens with one attached hydrogen (secondary N) is 1. The van der Waals surface area contributed by atoms with Crippen molar-refractivity contribution in [2.24, 2.45) is 4.99 Å². The molecule has 0 aliphatic carbocycles. The van der Waals surface area contributed by atoms with Crippen LogP contribution in [0.5, 0.6) is 0 Å². The van der Waals surface area contributed by atoms with Crippen molar-refractivity contribution >= 4 is 35.1 Å². The summed E-state index contributed by atoms with van der Waals surface area (Å²) in [4.78, 5) is 17.5. The van der Waals surface area contributed by atoms with E-state index in [1.807, 2.05) is 67.0 Å². The van der Waals surface area contributed by atoms with E-state index in [4.69, 9.17) is 11.6 Å². The molecule has 0 spiro atoms. The molecule has 3 heterocycles. The fraction of sp³-hybridized carbons (Fsp3) is 0. The molecule has 1 N–H and O–H groups in total. The van der Waals surface area contributed by atoms with Crippen molar-refractivity contribution in [3.05, 3.63) is 109 Å². The summed E-state index contributed by atoms with van der Waals surface area (Å²) in [5.74, 6) is 1.12. The molecule has 33 heavy (non-hydrogen) atoms. The van der Waals surface area contributed by atoms with Crippen molar-refractivity contribution in [1.29, 1.82) is 0 Å². The molecular weight excluding hydrogens is 436 g/mol. The number of rotatable bonds is 7. The highest BCUT2D eigenvalue weighted by atomic mass is 35.5. The zero-order valence-corrected chi connectivity index (χ0v) is 18.2. The lowest BCUT2D eigenvalue weighted by Gasteiger charge is -2.06. The minimum Gasteiger partial charge on any atom is -0.878 e. The number of hydrogen-bond donors (Lipinski definition) is 1. The second-order valence-corrected chi connectivity index (χ2v) is 7.10. The Bertz CT molecular complexity index is 1290. The summed E-state index contributed by atoms with van der Waals surface area (Å²) in [6, 6.07) is 17.4. The number of allylic oxidation sites excluding steroid dienone is 3. The maximum absolute atomic E-state index is 10.4. The van der Waals surface area contributed by atoms with Gasteiger partial charge in [0.2, 0.25) is 5.82 Å². The van der Waals surface area contributed by atoms with Gasteiger partial charge in [-0.1, -0.05) is 42.0 Å². The highest BCUT2D eigenvalue weighted by Crippen LogP contribution is 2.31. The molecule has 0 aliphatic heterocycles. The molecule has 4 aromatic rings. The van der Waals surface area contributed by atoms with Crippen LogP contribution in [0, 0.1) is 0 Å². The number of aliphatic imine (C=N–C) groups is 1. The van der Waals surface area contributed by atoms with Gasteiger partial charge in [-0.05, 0) is 63.6 Å². The first kappa shape index (κ1) is 21.9. The summed E-state index contributed by atoms with van der Waals surface area (Å²) in [5, 5.41) is 13.9. The Morgan fingerprint density at radius 2 is 1.61 bits per heavy atom. The molecule has 8 heteroatoms. The van der Waals surface area contributed by atoms with E-state index in [2.05, 4.69) is 25.3 Å². The molecule has 162 valence electrons. The second-order valence-electron chi connectivity index (χ2n) is 6.72. The predicted octanol–water partition coefficient (Wildman–Crippen LogP) is 4.34. The zero-order valence-electron chi connectivity index (χ0n) is 17.4. The van der Waals surface area contributed by atoms with Gasteiger partial charge in [0.05, 0.1) is 12.4 Å². The summed E-state index contributed by atoms with van der Waals surface area (Å²) < 4.78 is 1.78. The molecule has 3 aromatic heterocycles. The van der Waals surface area contributed by atoms with Gasteiger partial charge in [-0.25, -0.2) is 9.56 Å². The van der Waals surface area contributed by atoms with Crippen LogP contribution in [-0.2, 0) is 0 Å². The van der Waals surface area contributed by atoms with Gasteiger partial charge in [-0.2, -0.15) is 0 Å². The number of anilines is 2. The fourth-order valence-corrected chi connectivity index (χ4v) is 3.12. The van der Waals surface area contributed by atoms with Gasteiger partial charge in [0.15, 0.2) is 5.02 Å². The van der Waals surface area contributed by atoms with E-state index >= 15 is 0 Å². The first-order valence-corrected chi connectivity index (χ1v) is 10.4. The van der Waals surface area contributed by atoms with Crippen LogP contribution in [0.4, 0.5) is 17.3 Å². The Morgan fingerprint density at radius 3 is 2.33 bits per heavy atom. The molecule has 7 nitrogen and oxygen atoms in total. The van der Waals surface area contributed by atoms with E-state index in [-0.39, 0.29) is 5.02 Å². The first-order chi connectivity index (χ1) is 16.2. The highest BCUT2D eigenvalue weighted by Gasteiger charge is 2.22. The van der Waals surface area contributed by atoms with Gasteiger partial charge in [0, 0.05) is 24.3 Å². The van der Waals surface area contributed by atoms with Gasteiger partial charge < -0.3 is 10.4 Å². The Kier molecular flexibility index (Phi) is 7.15. The lowest BCUT2D eigenvalue weighted by molar-refractivity contribution is -0.603. The number of halogens is 1. The minimum atomic E-state index is 0.278. The van der Waals surface area contributed by atoms with Crippen LogP contribution in [0.15, 0.2) is 109 Å². The molecule has 0 saturated heterocycles. The average Bonchev–Trinajstić information content (AvgIpc) is 2.87. The molecule has 0 saturated carbocycles. The molecule has 0 unspecified atom stereocenters. The molecule has 0 amide bonds. The molecular formula is C25H19ClN6O. The Labute approximate surface area is 196 Å². The molecule has 0 bridgehead atoms. The number of aromatic nitrogens is 4. The molecule has 0 radical (unpaired) electrons. The summed E-state index contributed by atoms with van der Waals surface area (Å²) in [5.41, 5.74) is 2.93. The minimum absolute atomic E-state index is 0.278. The first-order valence-electron chi connectivity index (χ1n) is 10.0. The lowest BCUT2D eigenvalue weighted by Crippen LogP contribution is -2.32. The number of benzene rings is 1. The van der Waals surface area contributed by atoms with Crippen LogP contribution in [0.1, 0.15) is 0 Å². The predicted molar refractivity (Wildman–Crippen MR) is 128 cm³/mol. The number of pyridine rings is 2. The quantitative estimate of drug-likeness (QED) is 0.194. The van der Waals surface area contributed by atoms with Crippen LogP contribution in [0.3, 0.4) is 0 Å². The topological polar surface area (TPSA) is 90.0 Å². The van der Waals surface area contributed by atoms with Crippen molar-refractivity contribution in [2.45, 2.75) is 0 Å². The van der Waals surface area contributed by atoms with Crippen molar-refractivity contribution in [3.8, 4) is 17.1 Å². The number of nitrogens with zero attached hydrogens (tertiary/aromatic N) is 5. The van der Waals surface area contributed by atoms with Crippen molar-refractivity contribution in [1.82, 2.24) is 15.0 Å². The van der Waals surface area contributed by atoms with E-state index in [9.17, 15) is 5.11 Å². The number of para-hydroxylation sites is 1. The van der Waals surface area contributed by atoms with E-state index in [1.54, 1.807) is 29.1 Å². The third-order valence-corrected chi connectivity index (χ3v) is 4.86. The van der Waals surface area contributed by atoms with Crippen LogP contribution in [-0.4, -0.2) is 21.2 Å². The van der Waals surface area contributed by atoms with Gasteiger partial charge in [-0.15, -0.1) is 6.26 Å². The van der Waals surface area contributed by atoms with Gasteiger partial charge >= 0.3 is 5.95 Å².